The first-order chi connectivity index (χ1) is 13.5. The van der Waals surface area contributed by atoms with Crippen molar-refractivity contribution in [1.82, 2.24) is 10.2 Å². The van der Waals surface area contributed by atoms with Crippen molar-refractivity contribution in [3.8, 4) is 11.5 Å². The third kappa shape index (κ3) is 5.07. The summed E-state index contributed by atoms with van der Waals surface area (Å²) in [5.41, 5.74) is -0.233. The second-order valence-electron chi connectivity index (χ2n) is 8.01. The van der Waals surface area contributed by atoms with Gasteiger partial charge < -0.3 is 19.5 Å². The predicted octanol–water partition coefficient (Wildman–Crippen LogP) is 2.96. The Balaban J connectivity index is 2.45. The van der Waals surface area contributed by atoms with Crippen LogP contribution in [0.3, 0.4) is 0 Å². The number of piperazine rings is 1. The first-order valence-corrected chi connectivity index (χ1v) is 9.29. The second-order valence-corrected chi connectivity index (χ2v) is 8.01. The molecule has 0 bridgehead atoms. The third-order valence-electron chi connectivity index (χ3n) is 4.19. The number of carbonyl (C=O) groups excluding carboxylic acids is 3. The molecule has 1 atom stereocenters. The van der Waals surface area contributed by atoms with Gasteiger partial charge in [0.2, 0.25) is 5.91 Å². The van der Waals surface area contributed by atoms with E-state index in [-0.39, 0.29) is 11.6 Å². The van der Waals surface area contributed by atoms with Gasteiger partial charge in [0, 0.05) is 0 Å². The molecular formula is C21H28N2O6. The smallest absolute Gasteiger partial charge is 0.418 e. The summed E-state index contributed by atoms with van der Waals surface area (Å²) < 4.78 is 15.8. The number of nitrogens with zero attached hydrogens (tertiary/aromatic N) is 1. The van der Waals surface area contributed by atoms with Gasteiger partial charge in [-0.15, -0.1) is 0 Å². The van der Waals surface area contributed by atoms with Crippen LogP contribution in [0.4, 0.5) is 4.79 Å². The third-order valence-corrected chi connectivity index (χ3v) is 4.19. The lowest BCUT2D eigenvalue weighted by atomic mass is 9.98. The number of amides is 3. The highest BCUT2D eigenvalue weighted by molar-refractivity contribution is 6.13. The summed E-state index contributed by atoms with van der Waals surface area (Å²) in [6, 6.07) is 4.10. The van der Waals surface area contributed by atoms with Crippen molar-refractivity contribution in [3.63, 3.8) is 0 Å². The quantitative estimate of drug-likeness (QED) is 0.776. The van der Waals surface area contributed by atoms with Gasteiger partial charge in [-0.25, -0.2) is 9.69 Å². The summed E-state index contributed by atoms with van der Waals surface area (Å²) in [7, 11) is 3.02. The summed E-state index contributed by atoms with van der Waals surface area (Å²) in [5.74, 6) is -0.358. The molecule has 8 heteroatoms. The van der Waals surface area contributed by atoms with Crippen molar-refractivity contribution >= 4 is 24.0 Å². The lowest BCUT2D eigenvalue weighted by molar-refractivity contribution is -0.143. The van der Waals surface area contributed by atoms with Gasteiger partial charge in [-0.1, -0.05) is 19.9 Å². The van der Waals surface area contributed by atoms with E-state index in [9.17, 15) is 14.4 Å². The fourth-order valence-electron chi connectivity index (χ4n) is 2.95. The molecule has 2 rings (SSSR count). The molecular weight excluding hydrogens is 376 g/mol. The lowest BCUT2D eigenvalue weighted by Gasteiger charge is -2.37. The largest absolute Gasteiger partial charge is 0.493 e. The maximum absolute atomic E-state index is 13.1. The fraction of sp³-hybridized carbons (Fsp3) is 0.476. The van der Waals surface area contributed by atoms with Gasteiger partial charge in [-0.05, 0) is 50.5 Å². The van der Waals surface area contributed by atoms with Crippen LogP contribution in [-0.2, 0) is 14.3 Å². The van der Waals surface area contributed by atoms with Crippen LogP contribution >= 0.6 is 0 Å². The van der Waals surface area contributed by atoms with Crippen LogP contribution < -0.4 is 14.8 Å². The topological polar surface area (TPSA) is 94.2 Å². The number of ether oxygens (including phenoxy) is 3. The second kappa shape index (κ2) is 8.55. The van der Waals surface area contributed by atoms with Gasteiger partial charge >= 0.3 is 6.09 Å². The number of methoxy groups -OCH3 is 2. The van der Waals surface area contributed by atoms with E-state index in [1.807, 2.05) is 0 Å². The monoisotopic (exact) mass is 404 g/mol. The Hall–Kier alpha value is -3.03. The summed E-state index contributed by atoms with van der Waals surface area (Å²) in [5, 5.41) is 2.61. The van der Waals surface area contributed by atoms with Crippen molar-refractivity contribution in [2.75, 3.05) is 14.2 Å². The first-order valence-electron chi connectivity index (χ1n) is 9.29. The molecule has 29 heavy (non-hydrogen) atoms. The molecule has 1 aromatic rings. The summed E-state index contributed by atoms with van der Waals surface area (Å²) >= 11 is 0. The SMILES string of the molecule is COc1ccc(/C=C2/NC(=O)[C@H](C(C)C)N(C(=O)OC(C)(C)C)C2=O)cc1OC. The molecule has 1 aromatic carbocycles. The van der Waals surface area contributed by atoms with Crippen LogP contribution in [0.2, 0.25) is 0 Å². The van der Waals surface area contributed by atoms with E-state index >= 15 is 0 Å². The number of rotatable bonds is 4. The van der Waals surface area contributed by atoms with E-state index in [2.05, 4.69) is 5.32 Å². The molecule has 0 aromatic heterocycles. The zero-order valence-corrected chi connectivity index (χ0v) is 17.9. The highest BCUT2D eigenvalue weighted by Gasteiger charge is 2.44. The van der Waals surface area contributed by atoms with Gasteiger partial charge in [0.1, 0.15) is 17.3 Å². The zero-order valence-electron chi connectivity index (χ0n) is 17.9. The summed E-state index contributed by atoms with van der Waals surface area (Å²) in [6.45, 7) is 8.62. The summed E-state index contributed by atoms with van der Waals surface area (Å²) in [6.07, 6.45) is 0.630. The Kier molecular flexibility index (Phi) is 6.56. The number of hydrogen-bond acceptors (Lipinski definition) is 6. The van der Waals surface area contributed by atoms with Crippen LogP contribution in [0, 0.1) is 5.92 Å². The van der Waals surface area contributed by atoms with Gasteiger partial charge in [-0.2, -0.15) is 0 Å². The van der Waals surface area contributed by atoms with E-state index in [0.717, 1.165) is 4.90 Å². The minimum atomic E-state index is -0.958. The molecule has 0 aliphatic carbocycles. The Morgan fingerprint density at radius 1 is 1.14 bits per heavy atom. The number of imide groups is 1. The van der Waals surface area contributed by atoms with Crippen molar-refractivity contribution in [3.05, 3.63) is 29.5 Å². The molecule has 1 heterocycles. The maximum atomic E-state index is 13.1. The van der Waals surface area contributed by atoms with E-state index < -0.39 is 29.6 Å². The normalized spacial score (nSPS) is 18.7. The maximum Gasteiger partial charge on any atom is 0.418 e. The van der Waals surface area contributed by atoms with Crippen molar-refractivity contribution < 1.29 is 28.6 Å². The van der Waals surface area contributed by atoms with Gasteiger partial charge in [0.15, 0.2) is 11.5 Å². The standard InChI is InChI=1S/C21H28N2O6/c1-12(2)17-18(24)22-14(19(25)23(17)20(26)29-21(3,4)5)10-13-8-9-15(27-6)16(11-13)28-7/h8-12,17H,1-7H3,(H,22,24)/b14-10+/t17-/m0/s1. The molecule has 1 aliphatic rings. The molecule has 0 spiro atoms. The molecule has 8 nitrogen and oxygen atoms in total. The Morgan fingerprint density at radius 2 is 1.76 bits per heavy atom. The highest BCUT2D eigenvalue weighted by atomic mass is 16.6. The van der Waals surface area contributed by atoms with Gasteiger partial charge in [-0.3, -0.25) is 9.59 Å². The minimum Gasteiger partial charge on any atom is -0.493 e. The summed E-state index contributed by atoms with van der Waals surface area (Å²) in [4.78, 5) is 39.4. The molecule has 0 radical (unpaired) electrons. The molecule has 0 unspecified atom stereocenters. The minimum absolute atomic E-state index is 0.0232. The van der Waals surface area contributed by atoms with Crippen LogP contribution in [0.25, 0.3) is 6.08 Å². The van der Waals surface area contributed by atoms with Crippen LogP contribution in [0.15, 0.2) is 23.9 Å². The number of hydrogen-bond donors (Lipinski definition) is 1. The van der Waals surface area contributed by atoms with Crippen LogP contribution in [0.5, 0.6) is 11.5 Å². The van der Waals surface area contributed by atoms with E-state index in [1.165, 1.54) is 20.3 Å². The Bertz CT molecular complexity index is 838. The molecule has 3 amide bonds. The Labute approximate surface area is 170 Å². The lowest BCUT2D eigenvalue weighted by Crippen LogP contribution is -2.61. The molecule has 1 saturated heterocycles. The molecule has 158 valence electrons. The van der Waals surface area contributed by atoms with E-state index in [0.29, 0.717) is 17.1 Å². The fourth-order valence-corrected chi connectivity index (χ4v) is 2.95. The molecule has 1 fully saturated rings. The molecule has 1 aliphatic heterocycles. The van der Waals surface area contributed by atoms with Crippen LogP contribution in [-0.4, -0.2) is 48.7 Å². The number of carbonyl (C=O) groups is 3. The average molecular weight is 404 g/mol. The average Bonchev–Trinajstić information content (AvgIpc) is 2.62. The van der Waals surface area contributed by atoms with E-state index in [4.69, 9.17) is 14.2 Å². The molecule has 0 saturated carbocycles. The Morgan fingerprint density at radius 3 is 2.28 bits per heavy atom. The van der Waals surface area contributed by atoms with Gasteiger partial charge in [0.25, 0.3) is 5.91 Å². The highest BCUT2D eigenvalue weighted by Crippen LogP contribution is 2.29. The predicted molar refractivity (Wildman–Crippen MR) is 107 cm³/mol. The van der Waals surface area contributed by atoms with E-state index in [1.54, 1.807) is 52.8 Å². The molecule has 1 N–H and O–H groups in total. The number of nitrogens with one attached hydrogen (secondary N) is 1. The van der Waals surface area contributed by atoms with Crippen LogP contribution in [0.1, 0.15) is 40.2 Å². The zero-order chi connectivity index (χ0) is 21.9. The van der Waals surface area contributed by atoms with Crippen molar-refractivity contribution in [1.29, 1.82) is 0 Å². The number of benzene rings is 1. The van der Waals surface area contributed by atoms with Gasteiger partial charge in [0.05, 0.1) is 14.2 Å². The first kappa shape index (κ1) is 22.3. The van der Waals surface area contributed by atoms with Crippen molar-refractivity contribution in [2.24, 2.45) is 5.92 Å². The van der Waals surface area contributed by atoms with Crippen molar-refractivity contribution in [2.45, 2.75) is 46.3 Å².